The Hall–Kier alpha value is -2.87. The van der Waals surface area contributed by atoms with E-state index in [-0.39, 0.29) is 19.0 Å². The minimum Gasteiger partial charge on any atom is -0.350 e. The SMILES string of the molecule is CCc1ccccc1N(CC(=O)N(Cc1cccc(C)c1)[C@@H](CC)C(=O)NC(C)(C)C)S(C)(=O)=O. The summed E-state index contributed by atoms with van der Waals surface area (Å²) < 4.78 is 26.7. The van der Waals surface area contributed by atoms with E-state index in [0.717, 1.165) is 27.3 Å². The van der Waals surface area contributed by atoms with E-state index in [1.807, 2.05) is 77.9 Å². The molecule has 0 heterocycles. The van der Waals surface area contributed by atoms with Crippen molar-refractivity contribution >= 4 is 27.5 Å². The Morgan fingerprint density at radius 1 is 1.03 bits per heavy atom. The summed E-state index contributed by atoms with van der Waals surface area (Å²) in [6, 6.07) is 14.2. The first-order valence-corrected chi connectivity index (χ1v) is 13.8. The van der Waals surface area contributed by atoms with E-state index < -0.39 is 27.5 Å². The number of nitrogens with one attached hydrogen (secondary N) is 1. The molecular formula is C27H39N3O4S. The second-order valence-electron chi connectivity index (χ2n) is 9.93. The van der Waals surface area contributed by atoms with E-state index in [1.54, 1.807) is 12.1 Å². The van der Waals surface area contributed by atoms with Crippen molar-refractivity contribution in [3.8, 4) is 0 Å². The number of carbonyl (C=O) groups excluding carboxylic acids is 2. The highest BCUT2D eigenvalue weighted by molar-refractivity contribution is 7.92. The van der Waals surface area contributed by atoms with Crippen molar-refractivity contribution < 1.29 is 18.0 Å². The summed E-state index contributed by atoms with van der Waals surface area (Å²) in [4.78, 5) is 28.5. The van der Waals surface area contributed by atoms with Crippen molar-refractivity contribution in [2.45, 2.75) is 72.5 Å². The van der Waals surface area contributed by atoms with Gasteiger partial charge in [-0.1, -0.05) is 61.9 Å². The van der Waals surface area contributed by atoms with Crippen LogP contribution in [-0.2, 0) is 32.6 Å². The maximum atomic E-state index is 13.8. The molecular weight excluding hydrogens is 462 g/mol. The van der Waals surface area contributed by atoms with Gasteiger partial charge in [0, 0.05) is 12.1 Å². The van der Waals surface area contributed by atoms with Crippen molar-refractivity contribution in [1.82, 2.24) is 10.2 Å². The van der Waals surface area contributed by atoms with E-state index in [0.29, 0.717) is 18.5 Å². The summed E-state index contributed by atoms with van der Waals surface area (Å²) in [5.74, 6) is -0.695. The van der Waals surface area contributed by atoms with Crippen LogP contribution in [0.25, 0.3) is 0 Å². The van der Waals surface area contributed by atoms with Gasteiger partial charge in [0.15, 0.2) is 0 Å². The number of anilines is 1. The van der Waals surface area contributed by atoms with Gasteiger partial charge in [0.1, 0.15) is 12.6 Å². The largest absolute Gasteiger partial charge is 0.350 e. The number of amides is 2. The van der Waals surface area contributed by atoms with Crippen LogP contribution in [0, 0.1) is 6.92 Å². The molecule has 0 unspecified atom stereocenters. The molecule has 0 spiro atoms. The molecule has 8 heteroatoms. The molecule has 1 N–H and O–H groups in total. The molecule has 0 fully saturated rings. The van der Waals surface area contributed by atoms with Gasteiger partial charge >= 0.3 is 0 Å². The molecule has 0 bridgehead atoms. The minimum atomic E-state index is -3.75. The lowest BCUT2D eigenvalue weighted by atomic mass is 10.0. The Kier molecular flexibility index (Phi) is 9.49. The number of nitrogens with zero attached hydrogens (tertiary/aromatic N) is 2. The van der Waals surface area contributed by atoms with Crippen molar-refractivity contribution in [3.05, 3.63) is 65.2 Å². The molecule has 2 rings (SSSR count). The zero-order chi connectivity index (χ0) is 26.4. The summed E-state index contributed by atoms with van der Waals surface area (Å²) in [5, 5.41) is 2.97. The van der Waals surface area contributed by atoms with Crippen LogP contribution in [-0.4, -0.2) is 49.5 Å². The Morgan fingerprint density at radius 2 is 1.69 bits per heavy atom. The lowest BCUT2D eigenvalue weighted by Gasteiger charge is -2.34. The van der Waals surface area contributed by atoms with Gasteiger partial charge in [-0.05, 0) is 57.7 Å². The highest BCUT2D eigenvalue weighted by atomic mass is 32.2. The molecule has 7 nitrogen and oxygen atoms in total. The average Bonchev–Trinajstić information content (AvgIpc) is 2.75. The van der Waals surface area contributed by atoms with Gasteiger partial charge in [-0.25, -0.2) is 8.42 Å². The van der Waals surface area contributed by atoms with Crippen molar-refractivity contribution in [3.63, 3.8) is 0 Å². The Labute approximate surface area is 210 Å². The smallest absolute Gasteiger partial charge is 0.244 e. The Morgan fingerprint density at radius 3 is 2.23 bits per heavy atom. The second kappa shape index (κ2) is 11.7. The molecule has 0 radical (unpaired) electrons. The van der Waals surface area contributed by atoms with Gasteiger partial charge in [-0.3, -0.25) is 13.9 Å². The highest BCUT2D eigenvalue weighted by Crippen LogP contribution is 2.24. The quantitative estimate of drug-likeness (QED) is 0.532. The highest BCUT2D eigenvalue weighted by Gasteiger charge is 2.33. The van der Waals surface area contributed by atoms with Gasteiger partial charge in [-0.15, -0.1) is 0 Å². The van der Waals surface area contributed by atoms with Gasteiger partial charge in [0.25, 0.3) is 0 Å². The maximum Gasteiger partial charge on any atom is 0.244 e. The van der Waals surface area contributed by atoms with Crippen LogP contribution in [0.3, 0.4) is 0 Å². The van der Waals surface area contributed by atoms with Crippen molar-refractivity contribution in [2.75, 3.05) is 17.1 Å². The molecule has 1 atom stereocenters. The second-order valence-corrected chi connectivity index (χ2v) is 11.8. The van der Waals surface area contributed by atoms with Crippen LogP contribution in [0.15, 0.2) is 48.5 Å². The number of sulfonamides is 1. The molecule has 0 aromatic heterocycles. The van der Waals surface area contributed by atoms with Gasteiger partial charge in [0.05, 0.1) is 11.9 Å². The average molecular weight is 502 g/mol. The lowest BCUT2D eigenvalue weighted by Crippen LogP contribution is -2.55. The maximum absolute atomic E-state index is 13.8. The lowest BCUT2D eigenvalue weighted by molar-refractivity contribution is -0.141. The third kappa shape index (κ3) is 8.09. The standard InChI is InChI=1S/C27H39N3O4S/c1-8-22-15-10-11-16-24(22)30(35(7,33)34)19-25(31)29(18-21-14-12-13-20(3)17-21)23(9-2)26(32)28-27(4,5)6/h10-17,23H,8-9,18-19H2,1-7H3,(H,28,32)/t23-/m0/s1. The minimum absolute atomic E-state index is 0.198. The summed E-state index contributed by atoms with van der Waals surface area (Å²) in [7, 11) is -3.75. The summed E-state index contributed by atoms with van der Waals surface area (Å²) >= 11 is 0. The van der Waals surface area contributed by atoms with E-state index in [2.05, 4.69) is 5.32 Å². The third-order valence-corrected chi connectivity index (χ3v) is 6.77. The van der Waals surface area contributed by atoms with E-state index in [1.165, 1.54) is 4.90 Å². The normalized spacial score (nSPS) is 12.7. The van der Waals surface area contributed by atoms with Crippen LogP contribution in [0.2, 0.25) is 0 Å². The molecule has 0 saturated carbocycles. The van der Waals surface area contributed by atoms with Crippen molar-refractivity contribution in [2.24, 2.45) is 0 Å². The zero-order valence-corrected chi connectivity index (χ0v) is 22.8. The third-order valence-electron chi connectivity index (χ3n) is 5.64. The van der Waals surface area contributed by atoms with Crippen LogP contribution >= 0.6 is 0 Å². The number of aryl methyl sites for hydroxylation is 2. The molecule has 0 aliphatic rings. The van der Waals surface area contributed by atoms with E-state index in [9.17, 15) is 18.0 Å². The molecule has 0 saturated heterocycles. The Balaban J connectivity index is 2.50. The molecule has 0 aliphatic heterocycles. The molecule has 0 aliphatic carbocycles. The molecule has 2 aromatic carbocycles. The molecule has 192 valence electrons. The molecule has 35 heavy (non-hydrogen) atoms. The molecule has 2 aromatic rings. The number of rotatable bonds is 10. The predicted octanol–water partition coefficient (Wildman–Crippen LogP) is 4.05. The van der Waals surface area contributed by atoms with Gasteiger partial charge in [-0.2, -0.15) is 0 Å². The first kappa shape index (κ1) is 28.4. The van der Waals surface area contributed by atoms with E-state index in [4.69, 9.17) is 0 Å². The zero-order valence-electron chi connectivity index (χ0n) is 22.0. The van der Waals surface area contributed by atoms with Crippen LogP contribution in [0.1, 0.15) is 57.7 Å². The predicted molar refractivity (Wildman–Crippen MR) is 142 cm³/mol. The fourth-order valence-corrected chi connectivity index (χ4v) is 4.91. The molecule has 2 amide bonds. The number of para-hydroxylation sites is 1. The number of benzene rings is 2. The van der Waals surface area contributed by atoms with Crippen LogP contribution in [0.5, 0.6) is 0 Å². The van der Waals surface area contributed by atoms with Gasteiger partial charge < -0.3 is 10.2 Å². The topological polar surface area (TPSA) is 86.8 Å². The summed E-state index contributed by atoms with van der Waals surface area (Å²) in [5.41, 5.74) is 2.75. The van der Waals surface area contributed by atoms with Gasteiger partial charge in [0.2, 0.25) is 21.8 Å². The summed E-state index contributed by atoms with van der Waals surface area (Å²) in [6.07, 6.45) is 2.11. The van der Waals surface area contributed by atoms with E-state index >= 15 is 0 Å². The first-order valence-electron chi connectivity index (χ1n) is 12.0. The number of carbonyl (C=O) groups is 2. The monoisotopic (exact) mass is 501 g/mol. The number of hydrogen-bond acceptors (Lipinski definition) is 4. The Bertz CT molecular complexity index is 1140. The number of hydrogen-bond donors (Lipinski definition) is 1. The van der Waals surface area contributed by atoms with Crippen LogP contribution < -0.4 is 9.62 Å². The fraction of sp³-hybridized carbons (Fsp3) is 0.481. The first-order chi connectivity index (χ1) is 16.3. The summed E-state index contributed by atoms with van der Waals surface area (Å²) in [6.45, 7) is 11.2. The van der Waals surface area contributed by atoms with Crippen molar-refractivity contribution in [1.29, 1.82) is 0 Å². The fourth-order valence-electron chi connectivity index (χ4n) is 4.03. The van der Waals surface area contributed by atoms with Crippen LogP contribution in [0.4, 0.5) is 5.69 Å².